The van der Waals surface area contributed by atoms with E-state index in [1.165, 1.54) is 18.2 Å². The third kappa shape index (κ3) is 3.72. The number of hydrogen-bond acceptors (Lipinski definition) is 3. The van der Waals surface area contributed by atoms with E-state index >= 15 is 0 Å². The molecule has 2 aromatic carbocycles. The number of hydrogen-bond donors (Lipinski definition) is 2. The summed E-state index contributed by atoms with van der Waals surface area (Å²) in [5, 5.41) is 3.08. The molecule has 0 bridgehead atoms. The van der Waals surface area contributed by atoms with Crippen LogP contribution in [0.5, 0.6) is 5.75 Å². The average molecular weight is 353 g/mol. The predicted octanol–water partition coefficient (Wildman–Crippen LogP) is 3.31. The predicted molar refractivity (Wildman–Crippen MR) is 82.9 cm³/mol. The molecule has 2 rings (SSSR count). The van der Waals surface area contributed by atoms with E-state index in [1.807, 2.05) is 12.1 Å². The third-order valence-corrected chi connectivity index (χ3v) is 3.45. The lowest BCUT2D eigenvalue weighted by atomic mass is 10.1. The summed E-state index contributed by atoms with van der Waals surface area (Å²) in [5.41, 5.74) is 6.54. The van der Waals surface area contributed by atoms with Crippen molar-refractivity contribution >= 4 is 27.5 Å². The van der Waals surface area contributed by atoms with Gasteiger partial charge in [-0.05, 0) is 36.4 Å². The van der Waals surface area contributed by atoms with Crippen LogP contribution in [0.25, 0.3) is 0 Å². The van der Waals surface area contributed by atoms with E-state index < -0.39 is 11.7 Å². The number of methoxy groups -OCH3 is 1. The SMILES string of the molecule is COc1ccc(Br)cc1NCc1cc(C(N)=O)ccc1F. The van der Waals surface area contributed by atoms with Crippen molar-refractivity contribution in [3.63, 3.8) is 0 Å². The van der Waals surface area contributed by atoms with Crippen LogP contribution in [0.1, 0.15) is 15.9 Å². The molecule has 0 saturated heterocycles. The van der Waals surface area contributed by atoms with E-state index in [9.17, 15) is 9.18 Å². The van der Waals surface area contributed by atoms with Crippen LogP contribution >= 0.6 is 15.9 Å². The lowest BCUT2D eigenvalue weighted by Crippen LogP contribution is -2.12. The first-order valence-electron chi connectivity index (χ1n) is 6.17. The van der Waals surface area contributed by atoms with Crippen LogP contribution in [0, 0.1) is 5.82 Å². The van der Waals surface area contributed by atoms with Crippen molar-refractivity contribution in [1.29, 1.82) is 0 Å². The number of primary amides is 1. The number of nitrogens with one attached hydrogen (secondary N) is 1. The second kappa shape index (κ2) is 6.58. The summed E-state index contributed by atoms with van der Waals surface area (Å²) in [6.07, 6.45) is 0. The number of amides is 1. The van der Waals surface area contributed by atoms with E-state index in [2.05, 4.69) is 21.2 Å². The van der Waals surface area contributed by atoms with Gasteiger partial charge in [0.05, 0.1) is 12.8 Å². The maximum Gasteiger partial charge on any atom is 0.248 e. The Morgan fingerprint density at radius 2 is 2.10 bits per heavy atom. The summed E-state index contributed by atoms with van der Waals surface area (Å²) in [4.78, 5) is 11.1. The van der Waals surface area contributed by atoms with Gasteiger partial charge in [-0.15, -0.1) is 0 Å². The Bertz CT molecular complexity index is 677. The number of nitrogens with two attached hydrogens (primary N) is 1. The molecule has 0 unspecified atom stereocenters. The van der Waals surface area contributed by atoms with Crippen LogP contribution in [-0.4, -0.2) is 13.0 Å². The molecule has 0 heterocycles. The number of benzene rings is 2. The quantitative estimate of drug-likeness (QED) is 0.867. The van der Waals surface area contributed by atoms with E-state index in [4.69, 9.17) is 10.5 Å². The summed E-state index contributed by atoms with van der Waals surface area (Å²) in [6, 6.07) is 9.50. The molecule has 0 saturated carbocycles. The molecular formula is C15H14BrFN2O2. The Hall–Kier alpha value is -2.08. The second-order valence-corrected chi connectivity index (χ2v) is 5.28. The summed E-state index contributed by atoms with van der Waals surface area (Å²) in [5.74, 6) is -0.345. The Morgan fingerprint density at radius 1 is 1.33 bits per heavy atom. The van der Waals surface area contributed by atoms with Gasteiger partial charge in [0.15, 0.2) is 0 Å². The fourth-order valence-electron chi connectivity index (χ4n) is 1.87. The molecule has 6 heteroatoms. The topological polar surface area (TPSA) is 64.3 Å². The minimum Gasteiger partial charge on any atom is -0.495 e. The van der Waals surface area contributed by atoms with Gasteiger partial charge >= 0.3 is 0 Å². The van der Waals surface area contributed by atoms with Gasteiger partial charge in [-0.2, -0.15) is 0 Å². The molecule has 21 heavy (non-hydrogen) atoms. The van der Waals surface area contributed by atoms with Crippen LogP contribution < -0.4 is 15.8 Å². The van der Waals surface area contributed by atoms with Gasteiger partial charge < -0.3 is 15.8 Å². The van der Waals surface area contributed by atoms with E-state index in [0.29, 0.717) is 11.3 Å². The minimum absolute atomic E-state index is 0.208. The van der Waals surface area contributed by atoms with Crippen molar-refractivity contribution in [2.75, 3.05) is 12.4 Å². The van der Waals surface area contributed by atoms with Crippen LogP contribution in [0.3, 0.4) is 0 Å². The molecule has 1 amide bonds. The van der Waals surface area contributed by atoms with Crippen molar-refractivity contribution in [2.24, 2.45) is 5.73 Å². The van der Waals surface area contributed by atoms with Crippen molar-refractivity contribution in [1.82, 2.24) is 0 Å². The smallest absolute Gasteiger partial charge is 0.248 e. The fourth-order valence-corrected chi connectivity index (χ4v) is 2.23. The van der Waals surface area contributed by atoms with Gasteiger partial charge in [-0.3, -0.25) is 4.79 Å². The third-order valence-electron chi connectivity index (χ3n) is 2.96. The van der Waals surface area contributed by atoms with Gasteiger partial charge in [0.1, 0.15) is 11.6 Å². The fraction of sp³-hybridized carbons (Fsp3) is 0.133. The van der Waals surface area contributed by atoms with Crippen molar-refractivity contribution in [3.8, 4) is 5.75 Å². The van der Waals surface area contributed by atoms with Crippen molar-refractivity contribution in [3.05, 3.63) is 57.8 Å². The van der Waals surface area contributed by atoms with Crippen molar-refractivity contribution in [2.45, 2.75) is 6.54 Å². The monoisotopic (exact) mass is 352 g/mol. The highest BCUT2D eigenvalue weighted by atomic mass is 79.9. The first-order valence-corrected chi connectivity index (χ1v) is 6.96. The molecule has 3 N–H and O–H groups in total. The van der Waals surface area contributed by atoms with Crippen molar-refractivity contribution < 1.29 is 13.9 Å². The maximum atomic E-state index is 13.8. The molecule has 0 atom stereocenters. The van der Waals surface area contributed by atoms with E-state index in [0.717, 1.165) is 10.2 Å². The number of ether oxygens (including phenoxy) is 1. The molecule has 0 aliphatic carbocycles. The molecule has 0 radical (unpaired) electrons. The zero-order valence-electron chi connectivity index (χ0n) is 11.3. The first-order chi connectivity index (χ1) is 10.0. The lowest BCUT2D eigenvalue weighted by Gasteiger charge is -2.12. The molecule has 0 spiro atoms. The molecule has 0 aliphatic heterocycles. The molecule has 110 valence electrons. The largest absolute Gasteiger partial charge is 0.495 e. The van der Waals surface area contributed by atoms with E-state index in [-0.39, 0.29) is 12.1 Å². The van der Waals surface area contributed by atoms with Gasteiger partial charge in [-0.25, -0.2) is 4.39 Å². The molecule has 2 aromatic rings. The Morgan fingerprint density at radius 3 is 2.76 bits per heavy atom. The van der Waals surface area contributed by atoms with Crippen LogP contribution in [0.15, 0.2) is 40.9 Å². The Balaban J connectivity index is 2.22. The highest BCUT2D eigenvalue weighted by Gasteiger charge is 2.09. The Kier molecular flexibility index (Phi) is 4.80. The number of rotatable bonds is 5. The average Bonchev–Trinajstić information content (AvgIpc) is 2.46. The summed E-state index contributed by atoms with van der Waals surface area (Å²) >= 11 is 3.37. The highest BCUT2D eigenvalue weighted by Crippen LogP contribution is 2.28. The zero-order valence-corrected chi connectivity index (χ0v) is 12.9. The van der Waals surface area contributed by atoms with Crippen LogP contribution in [-0.2, 0) is 6.54 Å². The molecule has 0 fully saturated rings. The van der Waals surface area contributed by atoms with Gasteiger partial charge in [0, 0.05) is 22.1 Å². The Labute approximate surface area is 130 Å². The molecule has 0 aliphatic rings. The maximum absolute atomic E-state index is 13.8. The van der Waals surface area contributed by atoms with E-state index in [1.54, 1.807) is 13.2 Å². The molecule has 4 nitrogen and oxygen atoms in total. The van der Waals surface area contributed by atoms with Crippen LogP contribution in [0.2, 0.25) is 0 Å². The number of halogens is 2. The summed E-state index contributed by atoms with van der Waals surface area (Å²) in [6.45, 7) is 0.208. The number of carbonyl (C=O) groups is 1. The minimum atomic E-state index is -0.587. The van der Waals surface area contributed by atoms with Gasteiger partial charge in [-0.1, -0.05) is 15.9 Å². The van der Waals surface area contributed by atoms with Gasteiger partial charge in [0.2, 0.25) is 5.91 Å². The first kappa shape index (κ1) is 15.3. The second-order valence-electron chi connectivity index (χ2n) is 4.37. The molecular weight excluding hydrogens is 339 g/mol. The summed E-state index contributed by atoms with van der Waals surface area (Å²) in [7, 11) is 1.56. The highest BCUT2D eigenvalue weighted by molar-refractivity contribution is 9.10. The zero-order chi connectivity index (χ0) is 15.4. The lowest BCUT2D eigenvalue weighted by molar-refractivity contribution is 0.1000. The summed E-state index contributed by atoms with van der Waals surface area (Å²) < 4.78 is 19.9. The van der Waals surface area contributed by atoms with Crippen LogP contribution in [0.4, 0.5) is 10.1 Å². The number of anilines is 1. The molecule has 0 aromatic heterocycles. The number of carbonyl (C=O) groups excluding carboxylic acids is 1. The van der Waals surface area contributed by atoms with Gasteiger partial charge in [0.25, 0.3) is 0 Å². The normalized spacial score (nSPS) is 10.2. The standard InChI is InChI=1S/C15H14BrFN2O2/c1-21-14-5-3-11(16)7-13(14)19-8-10-6-9(15(18)20)2-4-12(10)17/h2-7,19H,8H2,1H3,(H2,18,20).